The maximum absolute atomic E-state index is 12.1. The van der Waals surface area contributed by atoms with Crippen molar-refractivity contribution >= 4 is 11.6 Å². The van der Waals surface area contributed by atoms with E-state index in [1.54, 1.807) is 30.6 Å². The van der Waals surface area contributed by atoms with E-state index in [4.69, 9.17) is 5.73 Å². The number of hydrogen-bond donors (Lipinski definition) is 2. The van der Waals surface area contributed by atoms with E-state index in [0.717, 1.165) is 16.7 Å². The highest BCUT2D eigenvalue weighted by Gasteiger charge is 2.09. The molecule has 0 unspecified atom stereocenters. The number of anilines is 1. The van der Waals surface area contributed by atoms with Gasteiger partial charge in [-0.1, -0.05) is 0 Å². The number of benzene rings is 1. The first-order valence-electron chi connectivity index (χ1n) is 6.12. The van der Waals surface area contributed by atoms with Crippen LogP contribution in [-0.2, 0) is 6.54 Å². The van der Waals surface area contributed by atoms with Crippen molar-refractivity contribution in [3.05, 3.63) is 58.9 Å². The van der Waals surface area contributed by atoms with Crippen molar-refractivity contribution in [1.82, 2.24) is 10.3 Å². The largest absolute Gasteiger partial charge is 0.399 e. The van der Waals surface area contributed by atoms with Gasteiger partial charge < -0.3 is 11.1 Å². The van der Waals surface area contributed by atoms with Crippen LogP contribution in [0.5, 0.6) is 0 Å². The molecule has 3 N–H and O–H groups in total. The molecule has 1 heterocycles. The number of carbonyl (C=O) groups is 1. The zero-order chi connectivity index (χ0) is 13.8. The molecule has 0 aliphatic rings. The van der Waals surface area contributed by atoms with Crippen molar-refractivity contribution in [3.63, 3.8) is 0 Å². The van der Waals surface area contributed by atoms with Gasteiger partial charge in [-0.2, -0.15) is 0 Å². The monoisotopic (exact) mass is 255 g/mol. The maximum atomic E-state index is 12.1. The molecule has 1 amide bonds. The molecule has 0 spiro atoms. The highest BCUT2D eigenvalue weighted by atomic mass is 16.1. The van der Waals surface area contributed by atoms with E-state index in [1.165, 1.54) is 0 Å². The van der Waals surface area contributed by atoms with E-state index >= 15 is 0 Å². The number of nitrogens with one attached hydrogen (secondary N) is 1. The number of amides is 1. The molecular formula is C15H17N3O. The average molecular weight is 255 g/mol. The van der Waals surface area contributed by atoms with Crippen molar-refractivity contribution in [1.29, 1.82) is 0 Å². The van der Waals surface area contributed by atoms with Crippen LogP contribution in [0.4, 0.5) is 5.69 Å². The number of nitrogen functional groups attached to an aromatic ring is 1. The number of pyridine rings is 1. The molecule has 2 rings (SSSR count). The molecule has 4 heteroatoms. The predicted octanol–water partition coefficient (Wildman–Crippen LogP) is 2.21. The summed E-state index contributed by atoms with van der Waals surface area (Å²) in [5, 5.41) is 2.91. The maximum Gasteiger partial charge on any atom is 0.251 e. The van der Waals surface area contributed by atoms with Gasteiger partial charge in [0.25, 0.3) is 5.91 Å². The van der Waals surface area contributed by atoms with Gasteiger partial charge in [-0.25, -0.2) is 0 Å². The van der Waals surface area contributed by atoms with Gasteiger partial charge in [0.1, 0.15) is 0 Å². The molecule has 0 bridgehead atoms. The van der Waals surface area contributed by atoms with Gasteiger partial charge in [0.05, 0.1) is 0 Å². The Bertz CT molecular complexity index is 608. The highest BCUT2D eigenvalue weighted by Crippen LogP contribution is 2.13. The van der Waals surface area contributed by atoms with E-state index in [-0.39, 0.29) is 5.91 Å². The van der Waals surface area contributed by atoms with Gasteiger partial charge in [-0.15, -0.1) is 0 Å². The summed E-state index contributed by atoms with van der Waals surface area (Å²) >= 11 is 0. The quantitative estimate of drug-likeness (QED) is 0.826. The second kappa shape index (κ2) is 5.52. The number of hydrogen-bond acceptors (Lipinski definition) is 3. The Morgan fingerprint density at radius 1 is 1.26 bits per heavy atom. The Kier molecular flexibility index (Phi) is 3.80. The molecule has 4 nitrogen and oxygen atoms in total. The van der Waals surface area contributed by atoms with Crippen molar-refractivity contribution < 1.29 is 4.79 Å². The molecule has 1 aromatic carbocycles. The van der Waals surface area contributed by atoms with Gasteiger partial charge in [0, 0.05) is 30.2 Å². The number of nitrogens with two attached hydrogens (primary N) is 1. The minimum atomic E-state index is -0.0892. The van der Waals surface area contributed by atoms with Crippen LogP contribution < -0.4 is 11.1 Å². The molecule has 0 atom stereocenters. The van der Waals surface area contributed by atoms with E-state index in [9.17, 15) is 4.79 Å². The lowest BCUT2D eigenvalue weighted by atomic mass is 10.1. The number of rotatable bonds is 3. The van der Waals surface area contributed by atoms with Crippen LogP contribution >= 0.6 is 0 Å². The molecule has 0 fully saturated rings. The van der Waals surface area contributed by atoms with Crippen LogP contribution in [0.2, 0.25) is 0 Å². The Hall–Kier alpha value is -2.36. The number of aryl methyl sites for hydroxylation is 2. The second-order valence-corrected chi connectivity index (χ2v) is 4.56. The normalized spacial score (nSPS) is 10.2. The van der Waals surface area contributed by atoms with Crippen molar-refractivity contribution in [2.45, 2.75) is 20.4 Å². The third kappa shape index (κ3) is 3.10. The summed E-state index contributed by atoms with van der Waals surface area (Å²) < 4.78 is 0. The summed E-state index contributed by atoms with van der Waals surface area (Å²) in [5.41, 5.74) is 10.0. The van der Waals surface area contributed by atoms with Crippen LogP contribution in [0.3, 0.4) is 0 Å². The summed E-state index contributed by atoms with van der Waals surface area (Å²) in [5.74, 6) is -0.0892. The number of carbonyl (C=O) groups excluding carboxylic acids is 1. The van der Waals surface area contributed by atoms with Crippen LogP contribution in [-0.4, -0.2) is 10.9 Å². The number of aromatic nitrogens is 1. The molecule has 98 valence electrons. The fourth-order valence-electron chi connectivity index (χ4n) is 1.91. The van der Waals surface area contributed by atoms with Gasteiger partial charge in [0.2, 0.25) is 0 Å². The van der Waals surface area contributed by atoms with Gasteiger partial charge in [0.15, 0.2) is 0 Å². The minimum Gasteiger partial charge on any atom is -0.399 e. The highest BCUT2D eigenvalue weighted by molar-refractivity contribution is 5.95. The molecular weight excluding hydrogens is 238 g/mol. The zero-order valence-electron chi connectivity index (χ0n) is 11.1. The fraction of sp³-hybridized carbons (Fsp3) is 0.200. The Labute approximate surface area is 112 Å². The predicted molar refractivity (Wildman–Crippen MR) is 75.7 cm³/mol. The first kappa shape index (κ1) is 13.1. The lowest BCUT2D eigenvalue weighted by molar-refractivity contribution is 0.0950. The van der Waals surface area contributed by atoms with Crippen molar-refractivity contribution in [2.75, 3.05) is 5.73 Å². The summed E-state index contributed by atoms with van der Waals surface area (Å²) in [6.07, 6.45) is 3.51. The first-order chi connectivity index (χ1) is 9.08. The second-order valence-electron chi connectivity index (χ2n) is 4.56. The molecule has 19 heavy (non-hydrogen) atoms. The molecule has 0 saturated heterocycles. The van der Waals surface area contributed by atoms with Crippen molar-refractivity contribution in [3.8, 4) is 0 Å². The Balaban J connectivity index is 2.08. The Morgan fingerprint density at radius 3 is 2.74 bits per heavy atom. The van der Waals surface area contributed by atoms with Crippen LogP contribution in [0.25, 0.3) is 0 Å². The third-order valence-electron chi connectivity index (χ3n) is 3.07. The standard InChI is InChI=1S/C15H17N3O/c1-10-7-13(16)3-4-14(10)15(19)18-9-12-5-6-17-8-11(12)2/h3-8H,9,16H2,1-2H3,(H,18,19). The van der Waals surface area contributed by atoms with Crippen LogP contribution in [0.15, 0.2) is 36.7 Å². The average Bonchev–Trinajstić information content (AvgIpc) is 2.37. The summed E-state index contributed by atoms with van der Waals surface area (Å²) in [4.78, 5) is 16.1. The first-order valence-corrected chi connectivity index (χ1v) is 6.12. The molecule has 0 aliphatic carbocycles. The third-order valence-corrected chi connectivity index (χ3v) is 3.07. The van der Waals surface area contributed by atoms with Crippen LogP contribution in [0.1, 0.15) is 27.0 Å². The van der Waals surface area contributed by atoms with Crippen molar-refractivity contribution in [2.24, 2.45) is 0 Å². The Morgan fingerprint density at radius 2 is 2.05 bits per heavy atom. The lowest BCUT2D eigenvalue weighted by Gasteiger charge is -2.09. The zero-order valence-corrected chi connectivity index (χ0v) is 11.1. The molecule has 0 aliphatic heterocycles. The van der Waals surface area contributed by atoms with E-state index < -0.39 is 0 Å². The van der Waals surface area contributed by atoms with Crippen LogP contribution in [0, 0.1) is 13.8 Å². The minimum absolute atomic E-state index is 0.0892. The smallest absolute Gasteiger partial charge is 0.251 e. The van der Waals surface area contributed by atoms with Gasteiger partial charge in [-0.3, -0.25) is 9.78 Å². The lowest BCUT2D eigenvalue weighted by Crippen LogP contribution is -2.24. The summed E-state index contributed by atoms with van der Waals surface area (Å²) in [7, 11) is 0. The van der Waals surface area contributed by atoms with E-state index in [2.05, 4.69) is 10.3 Å². The summed E-state index contributed by atoms with van der Waals surface area (Å²) in [6, 6.07) is 7.19. The van der Waals surface area contributed by atoms with E-state index in [1.807, 2.05) is 19.9 Å². The fourth-order valence-corrected chi connectivity index (χ4v) is 1.91. The molecule has 0 radical (unpaired) electrons. The summed E-state index contributed by atoms with van der Waals surface area (Å²) in [6.45, 7) is 4.35. The number of nitrogens with zero attached hydrogens (tertiary/aromatic N) is 1. The topological polar surface area (TPSA) is 68.0 Å². The SMILES string of the molecule is Cc1cnccc1CNC(=O)c1ccc(N)cc1C. The van der Waals surface area contributed by atoms with E-state index in [0.29, 0.717) is 17.8 Å². The molecule has 0 saturated carbocycles. The molecule has 2 aromatic rings. The molecule has 1 aromatic heterocycles. The van der Waals surface area contributed by atoms with Gasteiger partial charge in [-0.05, 0) is 54.8 Å². The van der Waals surface area contributed by atoms with Gasteiger partial charge >= 0.3 is 0 Å².